The highest BCUT2D eigenvalue weighted by atomic mass is 35.5. The number of nitrogens with two attached hydrogens (primary N) is 1. The van der Waals surface area contributed by atoms with E-state index in [0.717, 1.165) is 0 Å². The smallest absolute Gasteiger partial charge is 0.168 e. The Morgan fingerprint density at radius 2 is 2.12 bits per heavy atom. The Labute approximate surface area is 106 Å². The number of anilines is 1. The minimum absolute atomic E-state index is 0.339. The van der Waals surface area contributed by atoms with E-state index in [4.69, 9.17) is 34.8 Å². The molecule has 0 unspecified atom stereocenters. The molecule has 0 bridgehead atoms. The average Bonchev–Trinajstić information content (AvgIpc) is 2.55. The SMILES string of the molecule is N#Cc1sc(=S)n(-c2ccccc2Cl)c1N. The van der Waals surface area contributed by atoms with Gasteiger partial charge in [-0.3, -0.25) is 4.57 Å². The van der Waals surface area contributed by atoms with Gasteiger partial charge in [0.25, 0.3) is 0 Å². The highest BCUT2D eigenvalue weighted by Gasteiger charge is 2.12. The van der Waals surface area contributed by atoms with Gasteiger partial charge in [-0.2, -0.15) is 5.26 Å². The van der Waals surface area contributed by atoms with Gasteiger partial charge in [-0.15, -0.1) is 0 Å². The number of aromatic nitrogens is 1. The van der Waals surface area contributed by atoms with Crippen LogP contribution in [0.3, 0.4) is 0 Å². The van der Waals surface area contributed by atoms with E-state index in [9.17, 15) is 0 Å². The Morgan fingerprint density at radius 3 is 2.69 bits per heavy atom. The van der Waals surface area contributed by atoms with Crippen LogP contribution in [-0.2, 0) is 0 Å². The molecule has 1 aromatic carbocycles. The van der Waals surface area contributed by atoms with Crippen LogP contribution in [-0.4, -0.2) is 4.57 Å². The number of rotatable bonds is 1. The molecule has 0 aliphatic rings. The average molecular weight is 268 g/mol. The first-order valence-corrected chi connectivity index (χ1v) is 5.91. The van der Waals surface area contributed by atoms with Gasteiger partial charge in [0, 0.05) is 0 Å². The van der Waals surface area contributed by atoms with E-state index in [1.54, 1.807) is 10.6 Å². The molecule has 80 valence electrons. The maximum absolute atomic E-state index is 8.86. The van der Waals surface area contributed by atoms with E-state index in [0.29, 0.717) is 25.4 Å². The predicted octanol–water partition coefficient (Wildman–Crippen LogP) is 3.38. The molecule has 2 N–H and O–H groups in total. The lowest BCUT2D eigenvalue weighted by molar-refractivity contribution is 1.08. The zero-order valence-electron chi connectivity index (χ0n) is 7.98. The summed E-state index contributed by atoms with van der Waals surface area (Å²) in [4.78, 5) is 0.407. The molecule has 16 heavy (non-hydrogen) atoms. The summed E-state index contributed by atoms with van der Waals surface area (Å²) in [5, 5.41) is 9.41. The summed E-state index contributed by atoms with van der Waals surface area (Å²) in [5.74, 6) is 0.339. The molecule has 0 fully saturated rings. The third-order valence-electron chi connectivity index (χ3n) is 2.04. The summed E-state index contributed by atoms with van der Waals surface area (Å²) in [6.45, 7) is 0. The summed E-state index contributed by atoms with van der Waals surface area (Å²) in [7, 11) is 0. The van der Waals surface area contributed by atoms with E-state index >= 15 is 0 Å². The number of thiazole rings is 1. The highest BCUT2D eigenvalue weighted by molar-refractivity contribution is 7.73. The van der Waals surface area contributed by atoms with Crippen LogP contribution in [0.1, 0.15) is 4.88 Å². The van der Waals surface area contributed by atoms with E-state index in [-0.39, 0.29) is 0 Å². The summed E-state index contributed by atoms with van der Waals surface area (Å²) in [6, 6.07) is 9.23. The van der Waals surface area contributed by atoms with Crippen LogP contribution in [0.5, 0.6) is 0 Å². The summed E-state index contributed by atoms with van der Waals surface area (Å²) in [6.07, 6.45) is 0. The van der Waals surface area contributed by atoms with Crippen molar-refractivity contribution in [3.8, 4) is 11.8 Å². The van der Waals surface area contributed by atoms with Crippen molar-refractivity contribution in [2.24, 2.45) is 0 Å². The predicted molar refractivity (Wildman–Crippen MR) is 68.6 cm³/mol. The Balaban J connectivity index is 2.76. The van der Waals surface area contributed by atoms with Gasteiger partial charge >= 0.3 is 0 Å². The highest BCUT2D eigenvalue weighted by Crippen LogP contribution is 2.29. The lowest BCUT2D eigenvalue weighted by atomic mass is 10.3. The normalized spacial score (nSPS) is 10.0. The molecular weight excluding hydrogens is 262 g/mol. The summed E-state index contributed by atoms with van der Waals surface area (Å²) >= 11 is 12.4. The Hall–Kier alpha value is -1.35. The number of nitriles is 1. The van der Waals surface area contributed by atoms with Crippen LogP contribution in [0.4, 0.5) is 5.82 Å². The number of benzene rings is 1. The van der Waals surface area contributed by atoms with Crippen molar-refractivity contribution >= 4 is 41.0 Å². The molecule has 3 nitrogen and oxygen atoms in total. The lowest BCUT2D eigenvalue weighted by Crippen LogP contribution is -2.01. The molecule has 0 saturated heterocycles. The largest absolute Gasteiger partial charge is 0.383 e. The van der Waals surface area contributed by atoms with Crippen molar-refractivity contribution in [1.82, 2.24) is 4.57 Å². The molecule has 0 saturated carbocycles. The minimum atomic E-state index is 0.339. The Kier molecular flexibility index (Phi) is 2.97. The number of halogens is 1. The monoisotopic (exact) mass is 267 g/mol. The van der Waals surface area contributed by atoms with Gasteiger partial charge in [0.2, 0.25) is 0 Å². The van der Waals surface area contributed by atoms with Crippen LogP contribution >= 0.6 is 35.2 Å². The second-order valence-electron chi connectivity index (χ2n) is 2.98. The number of para-hydroxylation sites is 1. The molecule has 0 aliphatic heterocycles. The quantitative estimate of drug-likeness (QED) is 0.806. The van der Waals surface area contributed by atoms with Gasteiger partial charge in [-0.25, -0.2) is 0 Å². The fraction of sp³-hybridized carbons (Fsp3) is 0. The number of hydrogen-bond donors (Lipinski definition) is 1. The van der Waals surface area contributed by atoms with Crippen LogP contribution < -0.4 is 5.73 Å². The third-order valence-corrected chi connectivity index (χ3v) is 3.65. The van der Waals surface area contributed by atoms with Crippen molar-refractivity contribution < 1.29 is 0 Å². The third kappa shape index (κ3) is 1.71. The first-order chi connectivity index (χ1) is 7.65. The molecule has 0 radical (unpaired) electrons. The number of nitrogens with zero attached hydrogens (tertiary/aromatic N) is 2. The molecule has 1 aromatic heterocycles. The van der Waals surface area contributed by atoms with Gasteiger partial charge in [-0.1, -0.05) is 35.1 Å². The Bertz CT molecular complexity index is 636. The number of hydrogen-bond acceptors (Lipinski definition) is 4. The Morgan fingerprint density at radius 1 is 1.44 bits per heavy atom. The topological polar surface area (TPSA) is 54.7 Å². The summed E-state index contributed by atoms with van der Waals surface area (Å²) in [5.41, 5.74) is 6.54. The maximum Gasteiger partial charge on any atom is 0.168 e. The molecule has 0 aliphatic carbocycles. The molecular formula is C10H6ClN3S2. The van der Waals surface area contributed by atoms with Gasteiger partial charge in [-0.05, 0) is 24.4 Å². The van der Waals surface area contributed by atoms with Crippen molar-refractivity contribution in [3.05, 3.63) is 38.1 Å². The first kappa shape index (κ1) is 11.1. The second kappa shape index (κ2) is 4.26. The molecule has 0 spiro atoms. The molecule has 2 rings (SSSR count). The fourth-order valence-electron chi connectivity index (χ4n) is 1.33. The van der Waals surface area contributed by atoms with Gasteiger partial charge in [0.05, 0.1) is 10.7 Å². The van der Waals surface area contributed by atoms with Gasteiger partial charge < -0.3 is 5.73 Å². The first-order valence-electron chi connectivity index (χ1n) is 4.31. The van der Waals surface area contributed by atoms with Crippen LogP contribution in [0.15, 0.2) is 24.3 Å². The van der Waals surface area contributed by atoms with Gasteiger partial charge in [0.15, 0.2) is 3.95 Å². The summed E-state index contributed by atoms with van der Waals surface area (Å²) < 4.78 is 2.13. The molecule has 0 atom stereocenters. The van der Waals surface area contributed by atoms with Crippen LogP contribution in [0.25, 0.3) is 5.69 Å². The molecule has 2 aromatic rings. The van der Waals surface area contributed by atoms with Crippen molar-refractivity contribution in [3.63, 3.8) is 0 Å². The molecule has 0 amide bonds. The molecule has 6 heteroatoms. The van der Waals surface area contributed by atoms with Crippen molar-refractivity contribution in [2.45, 2.75) is 0 Å². The van der Waals surface area contributed by atoms with E-state index in [1.807, 2.05) is 24.3 Å². The standard InChI is InChI=1S/C10H6ClN3S2/c11-6-3-1-2-4-7(6)14-9(13)8(5-12)16-10(14)15/h1-4H,13H2. The van der Waals surface area contributed by atoms with E-state index in [1.165, 1.54) is 11.3 Å². The zero-order valence-corrected chi connectivity index (χ0v) is 10.4. The number of nitrogen functional groups attached to an aromatic ring is 1. The zero-order chi connectivity index (χ0) is 11.7. The van der Waals surface area contributed by atoms with Crippen molar-refractivity contribution in [1.29, 1.82) is 5.26 Å². The van der Waals surface area contributed by atoms with Crippen molar-refractivity contribution in [2.75, 3.05) is 5.73 Å². The second-order valence-corrected chi connectivity index (χ2v) is 5.03. The van der Waals surface area contributed by atoms with Crippen LogP contribution in [0, 0.1) is 15.3 Å². The fourth-order valence-corrected chi connectivity index (χ4v) is 2.70. The minimum Gasteiger partial charge on any atom is -0.383 e. The molecule has 1 heterocycles. The lowest BCUT2D eigenvalue weighted by Gasteiger charge is -2.06. The van der Waals surface area contributed by atoms with E-state index < -0.39 is 0 Å². The van der Waals surface area contributed by atoms with Gasteiger partial charge in [0.1, 0.15) is 16.8 Å². The maximum atomic E-state index is 8.86. The van der Waals surface area contributed by atoms with Crippen LogP contribution in [0.2, 0.25) is 5.02 Å². The van der Waals surface area contributed by atoms with E-state index in [2.05, 4.69) is 0 Å².